The fraction of sp³-hybridized carbons (Fsp3) is 0.337. The molecular weight excluding hydrogens is 1400 g/mol. The lowest BCUT2D eigenvalue weighted by Gasteiger charge is -2.33. The molecule has 0 spiro atoms. The molecule has 0 radical (unpaired) electrons. The molecule has 12 aromatic rings. The average molecular weight is 1500 g/mol. The molecule has 18 rings (SSSR count). The summed E-state index contributed by atoms with van der Waals surface area (Å²) < 4.78 is 0. The van der Waals surface area contributed by atoms with Gasteiger partial charge in [0.2, 0.25) is 0 Å². The van der Waals surface area contributed by atoms with E-state index in [9.17, 15) is 14.4 Å². The molecule has 6 aliphatic heterocycles. The van der Waals surface area contributed by atoms with Crippen LogP contribution in [0.4, 0.5) is 17.5 Å². The predicted molar refractivity (Wildman–Crippen MR) is 455 cm³/mol. The van der Waals surface area contributed by atoms with Gasteiger partial charge in [0.1, 0.15) is 34.9 Å². The first-order valence-corrected chi connectivity index (χ1v) is 39.9. The van der Waals surface area contributed by atoms with Crippen LogP contribution in [0.2, 0.25) is 0 Å². The fourth-order valence-electron chi connectivity index (χ4n) is 17.1. The Kier molecular flexibility index (Phi) is 22.7. The van der Waals surface area contributed by atoms with Gasteiger partial charge in [-0.3, -0.25) is 14.4 Å². The summed E-state index contributed by atoms with van der Waals surface area (Å²) in [6, 6.07) is 47.1. The number of nitrogens with zero attached hydrogens (tertiary/aromatic N) is 12. The zero-order valence-corrected chi connectivity index (χ0v) is 64.5. The summed E-state index contributed by atoms with van der Waals surface area (Å²) in [5.74, 6) is 14.9. The molecule has 18 heteroatoms. The Bertz CT molecular complexity index is 5590. The smallest absolute Gasteiger partial charge is 0.254 e. The summed E-state index contributed by atoms with van der Waals surface area (Å²) in [7, 11) is 0. The molecule has 18 nitrogen and oxygen atoms in total. The number of fused-ring (bicyclic) bond motifs is 3. The molecule has 6 fully saturated rings. The van der Waals surface area contributed by atoms with E-state index in [-0.39, 0.29) is 25.1 Å². The Morgan fingerprint density at radius 2 is 0.708 bits per heavy atom. The van der Waals surface area contributed by atoms with Gasteiger partial charge in [-0.15, -0.1) is 19.3 Å². The van der Waals surface area contributed by atoms with Gasteiger partial charge in [0.25, 0.3) is 17.7 Å². The highest BCUT2D eigenvalue weighted by molar-refractivity contribution is 5.99. The Balaban J connectivity index is 0.000000133. The Labute approximate surface area is 663 Å². The summed E-state index contributed by atoms with van der Waals surface area (Å²) in [6.45, 7) is 19.0. The third-order valence-corrected chi connectivity index (χ3v) is 23.9. The van der Waals surface area contributed by atoms with Crippen molar-refractivity contribution in [2.45, 2.75) is 130 Å². The summed E-state index contributed by atoms with van der Waals surface area (Å²) in [6.07, 6.45) is 35.1. The van der Waals surface area contributed by atoms with Crippen molar-refractivity contribution in [3.05, 3.63) is 230 Å². The number of terminal acetylenes is 3. The number of aryl methyl sites for hydroxylation is 4. The number of H-pyrrole nitrogens is 3. The number of imidazole rings is 3. The van der Waals surface area contributed by atoms with E-state index < -0.39 is 0 Å². The minimum absolute atomic E-state index is 0. The van der Waals surface area contributed by atoms with Gasteiger partial charge in [0.15, 0.2) is 0 Å². The van der Waals surface area contributed by atoms with Gasteiger partial charge in [0, 0.05) is 147 Å². The van der Waals surface area contributed by atoms with Crippen molar-refractivity contribution in [3.8, 4) is 71.2 Å². The number of piperidine rings is 3. The van der Waals surface area contributed by atoms with Crippen molar-refractivity contribution < 1.29 is 14.4 Å². The standard InChI is InChI=1S/C32H33N5O.2C31H31N5O.CH4/c1-4-23-7-9-24(10-8-23)25-11-15-37(16-12-25)32(38)27-18-26(21(2)17-22(27)3)31-34-28-19-30(33-20-29(28)35-31)36-13-5-6-14-36;1-3-22-7-10-23(11-8-22)24-12-16-36(17-13-24)31(37)25-9-6-21(2)26(18-25)30-33-27-19-29(32-20-28(27)34-30)35-14-4-5-15-35;1-3-22-7-10-23(11-8-22)24-12-16-36(17-13-24)31(37)26-18-25(9-6-21(26)2)30-33-27-19-29(32-20-28(27)34-30)35-14-4-5-15-35;/h1,7-10,17-20,25H,5-6,11-16H2,2-3H3,(H,34,35);2*1,6-11,18-20,24H,4-5,12-17H2,2H3,(H,33,34);1H4. The number of carbonyl (C=O) groups is 3. The molecule has 0 unspecified atom stereocenters. The third-order valence-electron chi connectivity index (χ3n) is 23.9. The minimum atomic E-state index is 0. The lowest BCUT2D eigenvalue weighted by molar-refractivity contribution is 0.0704. The first-order chi connectivity index (χ1) is 54.7. The molecule has 3 N–H and O–H groups in total. The highest BCUT2D eigenvalue weighted by Gasteiger charge is 2.31. The Morgan fingerprint density at radius 3 is 1.10 bits per heavy atom. The predicted octanol–water partition coefficient (Wildman–Crippen LogP) is 17.5. The first-order valence-electron chi connectivity index (χ1n) is 39.9. The van der Waals surface area contributed by atoms with Gasteiger partial charge in [-0.2, -0.15) is 0 Å². The second kappa shape index (κ2) is 33.7. The molecule has 0 bridgehead atoms. The number of amides is 3. The summed E-state index contributed by atoms with van der Waals surface area (Å²) in [4.78, 5) is 92.4. The van der Waals surface area contributed by atoms with E-state index in [4.69, 9.17) is 34.2 Å². The normalized spacial score (nSPS) is 16.2. The highest BCUT2D eigenvalue weighted by atomic mass is 16.2. The molecule has 6 aromatic heterocycles. The van der Waals surface area contributed by atoms with Gasteiger partial charge >= 0.3 is 0 Å². The van der Waals surface area contributed by atoms with Crippen LogP contribution in [0, 0.1) is 64.7 Å². The van der Waals surface area contributed by atoms with Gasteiger partial charge in [0.05, 0.1) is 51.7 Å². The van der Waals surface area contributed by atoms with Crippen molar-refractivity contribution in [2.75, 3.05) is 93.2 Å². The maximum absolute atomic E-state index is 13.7. The number of hydrogen-bond donors (Lipinski definition) is 3. The van der Waals surface area contributed by atoms with Crippen LogP contribution in [0.5, 0.6) is 0 Å². The quantitative estimate of drug-likeness (QED) is 0.0981. The number of aromatic amines is 3. The third kappa shape index (κ3) is 16.6. The molecule has 3 amide bonds. The van der Waals surface area contributed by atoms with Crippen LogP contribution in [0.3, 0.4) is 0 Å². The number of likely N-dealkylation sites (tertiary alicyclic amines) is 3. The zero-order chi connectivity index (χ0) is 76.9. The van der Waals surface area contributed by atoms with Gasteiger partial charge < -0.3 is 44.4 Å². The molecule has 6 aliphatic rings. The van der Waals surface area contributed by atoms with Crippen LogP contribution >= 0.6 is 0 Å². The maximum atomic E-state index is 13.7. The summed E-state index contributed by atoms with van der Waals surface area (Å²) in [5.41, 5.74) is 21.2. The monoisotopic (exact) mass is 1500 g/mol. The van der Waals surface area contributed by atoms with E-state index in [1.165, 1.54) is 55.2 Å². The maximum Gasteiger partial charge on any atom is 0.254 e. The number of aromatic nitrogens is 9. The zero-order valence-electron chi connectivity index (χ0n) is 64.5. The molecule has 0 saturated carbocycles. The molecule has 113 heavy (non-hydrogen) atoms. The number of benzene rings is 6. The van der Waals surface area contributed by atoms with E-state index in [0.29, 0.717) is 23.3 Å². The second-order valence-electron chi connectivity index (χ2n) is 31.1. The van der Waals surface area contributed by atoms with Crippen molar-refractivity contribution in [1.82, 2.24) is 59.6 Å². The number of carbonyl (C=O) groups excluding carboxylic acids is 3. The number of hydrogen-bond acceptors (Lipinski definition) is 12. The van der Waals surface area contributed by atoms with Gasteiger partial charge in [-0.1, -0.05) is 85.9 Å². The molecular formula is C95H99N15O3. The fourth-order valence-corrected chi connectivity index (χ4v) is 17.1. The van der Waals surface area contributed by atoms with Crippen molar-refractivity contribution in [2.24, 2.45) is 0 Å². The number of anilines is 3. The molecule has 6 saturated heterocycles. The molecule has 12 heterocycles. The topological polar surface area (TPSA) is 195 Å². The highest BCUT2D eigenvalue weighted by Crippen LogP contribution is 2.37. The molecule has 6 aromatic carbocycles. The van der Waals surface area contributed by atoms with Crippen LogP contribution in [-0.4, -0.2) is 156 Å². The Morgan fingerprint density at radius 1 is 0.363 bits per heavy atom. The van der Waals surface area contributed by atoms with Crippen LogP contribution in [-0.2, 0) is 0 Å². The van der Waals surface area contributed by atoms with E-state index in [1.54, 1.807) is 0 Å². The van der Waals surface area contributed by atoms with E-state index in [2.05, 4.69) is 137 Å². The van der Waals surface area contributed by atoms with Crippen LogP contribution in [0.25, 0.3) is 67.3 Å². The summed E-state index contributed by atoms with van der Waals surface area (Å²) in [5, 5.41) is 0. The number of nitrogens with one attached hydrogen (secondary N) is 3. The van der Waals surface area contributed by atoms with Crippen LogP contribution in [0.1, 0.15) is 189 Å². The van der Waals surface area contributed by atoms with Gasteiger partial charge in [-0.25, -0.2) is 29.9 Å². The number of rotatable bonds is 12. The minimum Gasteiger partial charge on any atom is -0.357 e. The summed E-state index contributed by atoms with van der Waals surface area (Å²) >= 11 is 0. The van der Waals surface area contributed by atoms with E-state index in [1.807, 2.05) is 126 Å². The average Bonchev–Trinajstić information content (AvgIpc) is 1.70. The van der Waals surface area contributed by atoms with Gasteiger partial charge in [-0.05, 0) is 222 Å². The lowest BCUT2D eigenvalue weighted by Crippen LogP contribution is -2.38. The first kappa shape index (κ1) is 76.1. The Hall–Kier alpha value is -12.3. The molecule has 0 atom stereocenters. The number of pyridine rings is 3. The van der Waals surface area contributed by atoms with Crippen LogP contribution < -0.4 is 14.7 Å². The van der Waals surface area contributed by atoms with Crippen molar-refractivity contribution >= 4 is 68.3 Å². The largest absolute Gasteiger partial charge is 0.357 e. The SMILES string of the molecule is C.C#Cc1ccc(C2CCN(C(=O)c3cc(-c4nc5cc(N6CCCC6)ncc5[nH]4)c(C)cc3C)CC2)cc1.C#Cc1ccc(C2CCN(C(=O)c3cc(-c4nc5cc(N6CCCC6)ncc5[nH]4)ccc3C)CC2)cc1.C#Cc1ccc(C2CCN(C(=O)c3ccc(C)c(-c4nc5cc(N6CCCC6)ncc5[nH]4)c3)CC2)cc1. The van der Waals surface area contributed by atoms with E-state index in [0.717, 1.165) is 252 Å². The van der Waals surface area contributed by atoms with Crippen LogP contribution in [0.15, 0.2) is 158 Å². The second-order valence-corrected chi connectivity index (χ2v) is 31.1. The van der Waals surface area contributed by atoms with E-state index >= 15 is 0 Å². The molecule has 0 aliphatic carbocycles. The lowest BCUT2D eigenvalue weighted by atomic mass is 9.88. The van der Waals surface area contributed by atoms with Crippen molar-refractivity contribution in [3.63, 3.8) is 0 Å². The van der Waals surface area contributed by atoms with Crippen molar-refractivity contribution in [1.29, 1.82) is 0 Å². The molecule has 572 valence electrons.